The number of halogens is 1. The minimum Gasteiger partial charge on any atom is -0.480 e. The van der Waals surface area contributed by atoms with Gasteiger partial charge in [0.1, 0.15) is 11.4 Å². The van der Waals surface area contributed by atoms with Gasteiger partial charge in [-0.1, -0.05) is 23.7 Å². The number of aliphatic carboxylic acids is 1. The van der Waals surface area contributed by atoms with Crippen molar-refractivity contribution in [2.24, 2.45) is 0 Å². The number of carboxylic acid groups (broad SMARTS) is 1. The third-order valence-electron chi connectivity index (χ3n) is 3.59. The second-order valence-corrected chi connectivity index (χ2v) is 7.59. The van der Waals surface area contributed by atoms with Gasteiger partial charge in [0.25, 0.3) is 0 Å². The van der Waals surface area contributed by atoms with Gasteiger partial charge in [-0.25, -0.2) is 8.42 Å². The highest BCUT2D eigenvalue weighted by Crippen LogP contribution is 2.24. The average molecular weight is 376 g/mol. The summed E-state index contributed by atoms with van der Waals surface area (Å²) >= 11 is 5.97. The molecule has 1 saturated heterocycles. The lowest BCUT2D eigenvalue weighted by Gasteiger charge is -2.33. The molecular weight excluding hydrogens is 358 g/mol. The number of benzene rings is 1. The molecule has 1 fully saturated rings. The molecular formula is C14H18ClN3O5S. The number of amides is 1. The molecule has 0 spiro atoms. The van der Waals surface area contributed by atoms with E-state index in [9.17, 15) is 18.0 Å². The summed E-state index contributed by atoms with van der Waals surface area (Å²) in [5.41, 5.74) is 0. The van der Waals surface area contributed by atoms with Crippen LogP contribution in [0.5, 0.6) is 0 Å². The molecule has 10 heteroatoms. The number of piperazine rings is 1. The van der Waals surface area contributed by atoms with Gasteiger partial charge in [-0.15, -0.1) is 0 Å². The first-order valence-corrected chi connectivity index (χ1v) is 9.08. The quantitative estimate of drug-likeness (QED) is 0.716. The molecule has 1 heterocycles. The lowest BCUT2D eigenvalue weighted by molar-refractivity contribution is -0.138. The zero-order chi connectivity index (χ0) is 17.7. The Hall–Kier alpha value is -1.68. The highest BCUT2D eigenvalue weighted by molar-refractivity contribution is 7.89. The van der Waals surface area contributed by atoms with Gasteiger partial charge in [0.05, 0.1) is 11.6 Å². The summed E-state index contributed by atoms with van der Waals surface area (Å²) in [6, 6.07) is 6.26. The van der Waals surface area contributed by atoms with Crippen molar-refractivity contribution >= 4 is 33.5 Å². The van der Waals surface area contributed by atoms with Gasteiger partial charge >= 0.3 is 5.97 Å². The number of hydrogen-bond donors (Lipinski definition) is 2. The first-order valence-electron chi connectivity index (χ1n) is 7.26. The van der Waals surface area contributed by atoms with Crippen molar-refractivity contribution in [2.75, 3.05) is 39.3 Å². The third-order valence-corrected chi connectivity index (χ3v) is 5.99. The minimum absolute atomic E-state index is 0.0350. The number of nitrogens with zero attached hydrogens (tertiary/aromatic N) is 2. The van der Waals surface area contributed by atoms with E-state index >= 15 is 0 Å². The topological polar surface area (TPSA) is 107 Å². The monoisotopic (exact) mass is 375 g/mol. The first-order chi connectivity index (χ1) is 11.3. The Labute approximate surface area is 145 Å². The Kier molecular flexibility index (Phi) is 6.16. The van der Waals surface area contributed by atoms with Gasteiger partial charge in [0.15, 0.2) is 0 Å². The van der Waals surface area contributed by atoms with Gasteiger partial charge in [-0.2, -0.15) is 4.31 Å². The summed E-state index contributed by atoms with van der Waals surface area (Å²) in [5.74, 6) is -1.51. The van der Waals surface area contributed by atoms with Crippen molar-refractivity contribution < 1.29 is 23.1 Å². The molecule has 0 saturated carbocycles. The van der Waals surface area contributed by atoms with E-state index in [1.165, 1.54) is 16.4 Å². The molecule has 24 heavy (non-hydrogen) atoms. The predicted octanol–water partition coefficient (Wildman–Crippen LogP) is -0.153. The molecule has 0 aromatic heterocycles. The molecule has 0 radical (unpaired) electrons. The van der Waals surface area contributed by atoms with Crippen molar-refractivity contribution in [1.29, 1.82) is 0 Å². The zero-order valence-electron chi connectivity index (χ0n) is 12.8. The van der Waals surface area contributed by atoms with Crippen LogP contribution in [0.1, 0.15) is 0 Å². The molecule has 2 rings (SSSR count). The molecule has 1 aliphatic rings. The van der Waals surface area contributed by atoms with Gasteiger partial charge < -0.3 is 10.4 Å². The Morgan fingerprint density at radius 3 is 2.38 bits per heavy atom. The Morgan fingerprint density at radius 1 is 1.17 bits per heavy atom. The standard InChI is InChI=1S/C14H18ClN3O5S/c15-11-3-1-2-4-12(11)24(22,23)18-7-5-17(6-8-18)10-13(19)16-9-14(20)21/h1-4H,5-10H2,(H,16,19)(H,20,21). The highest BCUT2D eigenvalue weighted by atomic mass is 35.5. The number of nitrogens with one attached hydrogen (secondary N) is 1. The molecule has 0 unspecified atom stereocenters. The number of hydrogen-bond acceptors (Lipinski definition) is 5. The van der Waals surface area contributed by atoms with E-state index in [1.54, 1.807) is 17.0 Å². The van der Waals surface area contributed by atoms with E-state index in [2.05, 4.69) is 5.32 Å². The summed E-state index contributed by atoms with van der Waals surface area (Å²) in [6.45, 7) is 0.834. The first kappa shape index (κ1) is 18.7. The van der Waals surface area contributed by atoms with E-state index in [4.69, 9.17) is 16.7 Å². The van der Waals surface area contributed by atoms with E-state index < -0.39 is 28.4 Å². The lowest BCUT2D eigenvalue weighted by atomic mass is 10.3. The third kappa shape index (κ3) is 4.67. The van der Waals surface area contributed by atoms with Crippen LogP contribution in [-0.2, 0) is 19.6 Å². The highest BCUT2D eigenvalue weighted by Gasteiger charge is 2.30. The Balaban J connectivity index is 1.92. The molecule has 1 aliphatic heterocycles. The van der Waals surface area contributed by atoms with Gasteiger partial charge in [-0.3, -0.25) is 14.5 Å². The molecule has 0 aliphatic carbocycles. The SMILES string of the molecule is O=C(O)CNC(=O)CN1CCN(S(=O)(=O)c2ccccc2Cl)CC1. The maximum Gasteiger partial charge on any atom is 0.322 e. The van der Waals surface area contributed by atoms with E-state index in [1.807, 2.05) is 0 Å². The normalized spacial score (nSPS) is 16.7. The number of rotatable bonds is 6. The summed E-state index contributed by atoms with van der Waals surface area (Å²) < 4.78 is 26.5. The summed E-state index contributed by atoms with van der Waals surface area (Å²) in [7, 11) is -3.67. The molecule has 1 amide bonds. The molecule has 0 atom stereocenters. The molecule has 0 bridgehead atoms. The van der Waals surface area contributed by atoms with E-state index in [-0.39, 0.29) is 29.6 Å². The van der Waals surface area contributed by atoms with Crippen LogP contribution in [0, 0.1) is 0 Å². The maximum atomic E-state index is 12.6. The van der Waals surface area contributed by atoms with Crippen LogP contribution in [-0.4, -0.2) is 73.9 Å². The smallest absolute Gasteiger partial charge is 0.322 e. The van der Waals surface area contributed by atoms with Gasteiger partial charge in [0, 0.05) is 26.2 Å². The van der Waals surface area contributed by atoms with Gasteiger partial charge in [0.2, 0.25) is 15.9 Å². The van der Waals surface area contributed by atoms with Crippen LogP contribution in [0.4, 0.5) is 0 Å². The average Bonchev–Trinajstić information content (AvgIpc) is 2.53. The van der Waals surface area contributed by atoms with Crippen molar-refractivity contribution in [1.82, 2.24) is 14.5 Å². The van der Waals surface area contributed by atoms with E-state index in [0.29, 0.717) is 13.1 Å². The van der Waals surface area contributed by atoms with Crippen LogP contribution in [0.3, 0.4) is 0 Å². The van der Waals surface area contributed by atoms with E-state index in [0.717, 1.165) is 0 Å². The lowest BCUT2D eigenvalue weighted by Crippen LogP contribution is -2.51. The zero-order valence-corrected chi connectivity index (χ0v) is 14.4. The fraction of sp³-hybridized carbons (Fsp3) is 0.429. The number of sulfonamides is 1. The minimum atomic E-state index is -3.67. The van der Waals surface area contributed by atoms with Gasteiger partial charge in [-0.05, 0) is 12.1 Å². The van der Waals surface area contributed by atoms with Crippen LogP contribution in [0.15, 0.2) is 29.2 Å². The summed E-state index contributed by atoms with van der Waals surface area (Å²) in [4.78, 5) is 23.8. The predicted molar refractivity (Wildman–Crippen MR) is 87.3 cm³/mol. The molecule has 8 nitrogen and oxygen atoms in total. The van der Waals surface area contributed by atoms with Crippen LogP contribution in [0.25, 0.3) is 0 Å². The van der Waals surface area contributed by atoms with Crippen molar-refractivity contribution in [2.45, 2.75) is 4.90 Å². The summed E-state index contributed by atoms with van der Waals surface area (Å²) in [6.07, 6.45) is 0. The van der Waals surface area contributed by atoms with Crippen molar-refractivity contribution in [3.05, 3.63) is 29.3 Å². The van der Waals surface area contributed by atoms with Crippen LogP contribution < -0.4 is 5.32 Å². The second kappa shape index (κ2) is 7.93. The molecule has 2 N–H and O–H groups in total. The molecule has 132 valence electrons. The fourth-order valence-corrected chi connectivity index (χ4v) is 4.27. The Morgan fingerprint density at radius 2 is 1.79 bits per heavy atom. The Bertz CT molecular complexity index is 717. The van der Waals surface area contributed by atoms with Crippen LogP contribution in [0.2, 0.25) is 5.02 Å². The number of carbonyl (C=O) groups excluding carboxylic acids is 1. The second-order valence-electron chi connectivity index (χ2n) is 5.28. The number of carbonyl (C=O) groups is 2. The molecule has 1 aromatic rings. The summed E-state index contributed by atoms with van der Waals surface area (Å²) in [5, 5.41) is 11.0. The largest absolute Gasteiger partial charge is 0.480 e. The van der Waals surface area contributed by atoms with Crippen molar-refractivity contribution in [3.63, 3.8) is 0 Å². The molecule has 1 aromatic carbocycles. The van der Waals surface area contributed by atoms with Crippen molar-refractivity contribution in [3.8, 4) is 0 Å². The number of carboxylic acids is 1. The fourth-order valence-electron chi connectivity index (χ4n) is 2.35. The van der Waals surface area contributed by atoms with Crippen LogP contribution >= 0.6 is 11.6 Å². The maximum absolute atomic E-state index is 12.6.